The molecule has 5 heteroatoms. The number of hydrogen-bond donors (Lipinski definition) is 1. The number of fused-ring (bicyclic) bond motifs is 1. The number of carbonyl (C=O) groups excluding carboxylic acids is 2. The molecule has 0 aromatic carbocycles. The molecule has 1 aromatic rings. The van der Waals surface area contributed by atoms with Crippen LogP contribution in [-0.4, -0.2) is 19.0 Å². The molecule has 0 bridgehead atoms. The second-order valence-electron chi connectivity index (χ2n) is 10.1. The number of nitrogens with one attached hydrogen (secondary N) is 1. The molecule has 1 aliphatic rings. The minimum Gasteiger partial charge on any atom is -0.465 e. The lowest BCUT2D eigenvalue weighted by molar-refractivity contribution is -0.116. The maximum absolute atomic E-state index is 12.6. The number of rotatable bonds is 12. The monoisotopic (exact) mass is 449 g/mol. The SMILES string of the molecule is CCCCCCCCCCCC(=O)Nc1sc2c(c1C(=O)OC)CCC(C(C)(C)C)C2. The van der Waals surface area contributed by atoms with Crippen molar-refractivity contribution in [3.05, 3.63) is 16.0 Å². The van der Waals surface area contributed by atoms with E-state index in [0.29, 0.717) is 22.9 Å². The standard InChI is InChI=1S/C26H43NO3S/c1-6-7-8-9-10-11-12-13-14-15-22(28)27-24-23(25(29)30-5)20-17-16-19(26(2,3)4)18-21(20)31-24/h19H,6-18H2,1-5H3,(H,27,28). The third-order valence-corrected chi connectivity index (χ3v) is 7.81. The summed E-state index contributed by atoms with van der Waals surface area (Å²) in [4.78, 5) is 26.3. The Bertz CT molecular complexity index is 717. The first kappa shape index (κ1) is 25.9. The van der Waals surface area contributed by atoms with Crippen molar-refractivity contribution in [1.82, 2.24) is 0 Å². The molecule has 0 saturated carbocycles. The maximum atomic E-state index is 12.6. The van der Waals surface area contributed by atoms with Crippen molar-refractivity contribution in [2.24, 2.45) is 11.3 Å². The lowest BCUT2D eigenvalue weighted by Gasteiger charge is -2.33. The van der Waals surface area contributed by atoms with Crippen molar-refractivity contribution in [2.75, 3.05) is 12.4 Å². The maximum Gasteiger partial charge on any atom is 0.341 e. The summed E-state index contributed by atoms with van der Waals surface area (Å²) < 4.78 is 5.05. The van der Waals surface area contributed by atoms with Gasteiger partial charge in [0.25, 0.3) is 0 Å². The van der Waals surface area contributed by atoms with Gasteiger partial charge in [-0.15, -0.1) is 11.3 Å². The van der Waals surface area contributed by atoms with Crippen molar-refractivity contribution >= 4 is 28.2 Å². The van der Waals surface area contributed by atoms with E-state index in [1.54, 1.807) is 11.3 Å². The molecular weight excluding hydrogens is 406 g/mol. The zero-order valence-corrected chi connectivity index (χ0v) is 21.2. The van der Waals surface area contributed by atoms with Gasteiger partial charge in [0.05, 0.1) is 12.7 Å². The molecule has 31 heavy (non-hydrogen) atoms. The van der Waals surface area contributed by atoms with Crippen LogP contribution in [0.15, 0.2) is 0 Å². The summed E-state index contributed by atoms with van der Waals surface area (Å²) in [7, 11) is 1.42. The van der Waals surface area contributed by atoms with Gasteiger partial charge in [-0.25, -0.2) is 4.79 Å². The number of amides is 1. The molecule has 1 atom stereocenters. The van der Waals surface area contributed by atoms with Gasteiger partial charge >= 0.3 is 5.97 Å². The lowest BCUT2D eigenvalue weighted by Crippen LogP contribution is -2.26. The summed E-state index contributed by atoms with van der Waals surface area (Å²) in [6.07, 6.45) is 14.6. The summed E-state index contributed by atoms with van der Waals surface area (Å²) in [5.74, 6) is 0.277. The third-order valence-electron chi connectivity index (χ3n) is 6.64. The molecule has 4 nitrogen and oxygen atoms in total. The zero-order valence-electron chi connectivity index (χ0n) is 20.4. The molecule has 176 valence electrons. The number of carbonyl (C=O) groups is 2. The lowest BCUT2D eigenvalue weighted by atomic mass is 9.72. The molecule has 0 spiro atoms. The molecule has 1 amide bonds. The third kappa shape index (κ3) is 7.93. The van der Waals surface area contributed by atoms with Gasteiger partial charge in [0, 0.05) is 11.3 Å². The molecule has 0 fully saturated rings. The molecule has 1 unspecified atom stereocenters. The Morgan fingerprint density at radius 1 is 1.03 bits per heavy atom. The second-order valence-corrected chi connectivity index (χ2v) is 11.2. The van der Waals surface area contributed by atoms with Crippen LogP contribution in [0.2, 0.25) is 0 Å². The van der Waals surface area contributed by atoms with E-state index in [2.05, 4.69) is 33.0 Å². The Morgan fingerprint density at radius 2 is 1.65 bits per heavy atom. The quantitative estimate of drug-likeness (QED) is 0.265. The van der Waals surface area contributed by atoms with Gasteiger partial charge in [-0.05, 0) is 42.6 Å². The Kier molecular flexibility index (Phi) is 10.5. The van der Waals surface area contributed by atoms with E-state index in [1.807, 2.05) is 0 Å². The molecular formula is C26H43NO3S. The van der Waals surface area contributed by atoms with Crippen molar-refractivity contribution in [1.29, 1.82) is 0 Å². The largest absolute Gasteiger partial charge is 0.465 e. The first-order valence-electron chi connectivity index (χ1n) is 12.3. The van der Waals surface area contributed by atoms with E-state index in [0.717, 1.165) is 37.7 Å². The molecule has 0 aliphatic heterocycles. The summed E-state index contributed by atoms with van der Waals surface area (Å²) in [5, 5.41) is 3.73. The van der Waals surface area contributed by atoms with Crippen LogP contribution >= 0.6 is 11.3 Å². The number of thiophene rings is 1. The zero-order chi connectivity index (χ0) is 22.9. The van der Waals surface area contributed by atoms with E-state index in [1.165, 1.54) is 56.9 Å². The minimum atomic E-state index is -0.329. The van der Waals surface area contributed by atoms with Gasteiger partial charge in [-0.3, -0.25) is 4.79 Å². The normalized spacial score (nSPS) is 16.1. The molecule has 1 aromatic heterocycles. The average molecular weight is 450 g/mol. The van der Waals surface area contributed by atoms with E-state index in [-0.39, 0.29) is 17.3 Å². The average Bonchev–Trinajstić information content (AvgIpc) is 3.08. The number of ether oxygens (including phenoxy) is 1. The Morgan fingerprint density at radius 3 is 2.23 bits per heavy atom. The summed E-state index contributed by atoms with van der Waals surface area (Å²) in [5.41, 5.74) is 1.93. The predicted molar refractivity (Wildman–Crippen MR) is 131 cm³/mol. The van der Waals surface area contributed by atoms with Crippen LogP contribution in [0.25, 0.3) is 0 Å². The van der Waals surface area contributed by atoms with Gasteiger partial charge in [-0.1, -0.05) is 79.1 Å². The summed E-state index contributed by atoms with van der Waals surface area (Å²) in [6, 6.07) is 0. The van der Waals surface area contributed by atoms with Crippen LogP contribution < -0.4 is 5.32 Å². The van der Waals surface area contributed by atoms with Crippen LogP contribution in [0.3, 0.4) is 0 Å². The van der Waals surface area contributed by atoms with Gasteiger partial charge in [0.2, 0.25) is 5.91 Å². The van der Waals surface area contributed by atoms with Gasteiger partial charge in [-0.2, -0.15) is 0 Å². The molecule has 1 aliphatic carbocycles. The number of anilines is 1. The van der Waals surface area contributed by atoms with Crippen LogP contribution in [0, 0.1) is 11.3 Å². The first-order chi connectivity index (χ1) is 14.8. The van der Waals surface area contributed by atoms with E-state index in [4.69, 9.17) is 4.74 Å². The minimum absolute atomic E-state index is 0.0130. The number of methoxy groups -OCH3 is 1. The van der Waals surface area contributed by atoms with Gasteiger partial charge in [0.15, 0.2) is 0 Å². The highest BCUT2D eigenvalue weighted by Crippen LogP contribution is 2.44. The molecule has 1 N–H and O–H groups in total. The highest BCUT2D eigenvalue weighted by Gasteiger charge is 2.34. The smallest absolute Gasteiger partial charge is 0.341 e. The van der Waals surface area contributed by atoms with Crippen LogP contribution in [0.5, 0.6) is 0 Å². The fourth-order valence-corrected chi connectivity index (χ4v) is 5.85. The van der Waals surface area contributed by atoms with Crippen molar-refractivity contribution in [3.63, 3.8) is 0 Å². The Balaban J connectivity index is 1.87. The van der Waals surface area contributed by atoms with Gasteiger partial charge < -0.3 is 10.1 Å². The van der Waals surface area contributed by atoms with Crippen LogP contribution in [-0.2, 0) is 22.4 Å². The second kappa shape index (κ2) is 12.6. The molecule has 0 saturated heterocycles. The molecule has 2 rings (SSSR count). The topological polar surface area (TPSA) is 55.4 Å². The molecule has 0 radical (unpaired) electrons. The number of esters is 1. The number of hydrogen-bond acceptors (Lipinski definition) is 4. The summed E-state index contributed by atoms with van der Waals surface area (Å²) in [6.45, 7) is 9.09. The van der Waals surface area contributed by atoms with Crippen molar-refractivity contribution < 1.29 is 14.3 Å². The summed E-state index contributed by atoms with van der Waals surface area (Å²) >= 11 is 1.58. The number of unbranched alkanes of at least 4 members (excludes halogenated alkanes) is 8. The fraction of sp³-hybridized carbons (Fsp3) is 0.769. The first-order valence-corrected chi connectivity index (χ1v) is 13.1. The van der Waals surface area contributed by atoms with Gasteiger partial charge in [0.1, 0.15) is 5.00 Å². The van der Waals surface area contributed by atoms with E-state index in [9.17, 15) is 9.59 Å². The van der Waals surface area contributed by atoms with Crippen molar-refractivity contribution in [3.8, 4) is 0 Å². The Labute approximate surface area is 193 Å². The highest BCUT2D eigenvalue weighted by molar-refractivity contribution is 7.17. The van der Waals surface area contributed by atoms with Crippen molar-refractivity contribution in [2.45, 2.75) is 111 Å². The van der Waals surface area contributed by atoms with Crippen LogP contribution in [0.1, 0.15) is 119 Å². The van der Waals surface area contributed by atoms with Crippen LogP contribution in [0.4, 0.5) is 5.00 Å². The van der Waals surface area contributed by atoms with E-state index >= 15 is 0 Å². The Hall–Kier alpha value is -1.36. The highest BCUT2D eigenvalue weighted by atomic mass is 32.1. The fourth-order valence-electron chi connectivity index (χ4n) is 4.52. The predicted octanol–water partition coefficient (Wildman–Crippen LogP) is 7.55. The molecule has 1 heterocycles. The van der Waals surface area contributed by atoms with E-state index < -0.39 is 0 Å².